The largest absolute Gasteiger partial charge is 0.452 e. The second-order valence-corrected chi connectivity index (χ2v) is 10.7. The first-order chi connectivity index (χ1) is 19.2. The molecule has 1 fully saturated rings. The van der Waals surface area contributed by atoms with Gasteiger partial charge in [0.15, 0.2) is 18.4 Å². The molecule has 2 heterocycles. The molecule has 4 rings (SSSR count). The van der Waals surface area contributed by atoms with E-state index in [0.29, 0.717) is 0 Å². The first kappa shape index (κ1) is 29.1. The van der Waals surface area contributed by atoms with E-state index >= 15 is 0 Å². The minimum atomic E-state index is -3.74. The fourth-order valence-electron chi connectivity index (χ4n) is 4.13. The molecule has 13 nitrogen and oxygen atoms in total. The van der Waals surface area contributed by atoms with Gasteiger partial charge in [0.2, 0.25) is 5.82 Å². The van der Waals surface area contributed by atoms with Crippen molar-refractivity contribution < 1.29 is 42.2 Å². The van der Waals surface area contributed by atoms with Gasteiger partial charge in [-0.05, 0) is 38.1 Å². The summed E-state index contributed by atoms with van der Waals surface area (Å²) < 4.78 is 43.3. The van der Waals surface area contributed by atoms with Gasteiger partial charge < -0.3 is 29.0 Å². The lowest BCUT2D eigenvalue weighted by Gasteiger charge is -2.26. The second kappa shape index (κ2) is 13.0. The Labute approximate surface area is 230 Å². The smallest absolute Gasteiger partial charge is 0.338 e. The lowest BCUT2D eigenvalue weighted by molar-refractivity contribution is -0.0545. The highest BCUT2D eigenvalue weighted by atomic mass is 31.2. The summed E-state index contributed by atoms with van der Waals surface area (Å²) in [5, 5.41) is 4.04. The van der Waals surface area contributed by atoms with Gasteiger partial charge in [0.25, 0.3) is 5.91 Å². The Kier molecular flexibility index (Phi) is 9.43. The van der Waals surface area contributed by atoms with E-state index in [9.17, 15) is 18.9 Å². The van der Waals surface area contributed by atoms with Crippen LogP contribution in [0.25, 0.3) is 0 Å². The maximum absolute atomic E-state index is 13.5. The first-order valence-electron chi connectivity index (χ1n) is 12.5. The van der Waals surface area contributed by atoms with Crippen molar-refractivity contribution in [1.82, 2.24) is 14.8 Å². The molecule has 0 spiro atoms. The normalized spacial score (nSPS) is 20.6. The van der Waals surface area contributed by atoms with Gasteiger partial charge in [-0.2, -0.15) is 0 Å². The van der Waals surface area contributed by atoms with Crippen LogP contribution in [-0.4, -0.2) is 70.3 Å². The van der Waals surface area contributed by atoms with E-state index in [1.165, 1.54) is 0 Å². The fourth-order valence-corrected chi connectivity index (χ4v) is 5.94. The third-order valence-electron chi connectivity index (χ3n) is 5.84. The number of carbonyl (C=O) groups is 3. The van der Waals surface area contributed by atoms with E-state index in [1.54, 1.807) is 74.5 Å². The predicted octanol–water partition coefficient (Wildman–Crippen LogP) is 2.99. The summed E-state index contributed by atoms with van der Waals surface area (Å²) in [6.07, 6.45) is -4.17. The molecule has 2 aromatic carbocycles. The van der Waals surface area contributed by atoms with Crippen LogP contribution in [0, 0.1) is 0 Å². The molecule has 2 N–H and O–H groups in total. The molecule has 0 saturated carbocycles. The van der Waals surface area contributed by atoms with E-state index in [-0.39, 0.29) is 36.3 Å². The van der Waals surface area contributed by atoms with E-state index in [1.807, 2.05) is 0 Å². The van der Waals surface area contributed by atoms with Crippen LogP contribution in [0.15, 0.2) is 67.0 Å². The molecule has 40 heavy (non-hydrogen) atoms. The van der Waals surface area contributed by atoms with Crippen molar-refractivity contribution in [2.24, 2.45) is 5.73 Å². The number of primary amides is 1. The number of rotatable bonds is 12. The molecule has 14 heteroatoms. The highest BCUT2D eigenvalue weighted by Crippen LogP contribution is 2.51. The molecule has 0 aliphatic carbocycles. The Balaban J connectivity index is 1.74. The quantitative estimate of drug-likeness (QED) is 0.250. The third kappa shape index (κ3) is 6.80. The van der Waals surface area contributed by atoms with E-state index in [0.717, 1.165) is 11.0 Å². The number of aromatic nitrogens is 3. The number of esters is 2. The van der Waals surface area contributed by atoms with Crippen molar-refractivity contribution in [3.63, 3.8) is 0 Å². The first-order valence-corrected chi connectivity index (χ1v) is 14.2. The minimum absolute atomic E-state index is 0.0827. The number of nitrogens with zero attached hydrogens (tertiary/aromatic N) is 3. The van der Waals surface area contributed by atoms with Crippen LogP contribution in [0.3, 0.4) is 0 Å². The molecule has 3 aromatic rings. The second-order valence-electron chi connectivity index (χ2n) is 8.58. The van der Waals surface area contributed by atoms with Crippen molar-refractivity contribution in [1.29, 1.82) is 0 Å². The summed E-state index contributed by atoms with van der Waals surface area (Å²) in [4.78, 5) is 41.8. The molecule has 1 saturated heterocycles. The number of nitrogens with two attached hydrogens (primary N) is 1. The van der Waals surface area contributed by atoms with Gasteiger partial charge in [-0.25, -0.2) is 19.3 Å². The number of hydrogen-bond donors (Lipinski definition) is 1. The topological polar surface area (TPSA) is 171 Å². The van der Waals surface area contributed by atoms with Gasteiger partial charge in [-0.1, -0.05) is 36.4 Å². The standard InChI is InChI=1S/C26H29N4O9P/c1-3-35-40(34,36-4-2)15-19-20(38-25(32)17-11-7-5-8-12-17)21(39-26(33)18-13-9-6-10-14-18)24(37-19)30-16-28-23(29-30)22(27)31/h5-14,16,19-21,24H,3-4,15H2,1-2H3,(H2,27,31)/t19-,20-,21-,24-/m1/s1. The highest BCUT2D eigenvalue weighted by Gasteiger charge is 2.53. The fraction of sp³-hybridized carbons (Fsp3) is 0.346. The van der Waals surface area contributed by atoms with Crippen LogP contribution in [0.1, 0.15) is 51.4 Å². The highest BCUT2D eigenvalue weighted by molar-refractivity contribution is 7.53. The van der Waals surface area contributed by atoms with E-state index < -0.39 is 50.0 Å². The predicted molar refractivity (Wildman–Crippen MR) is 139 cm³/mol. The van der Waals surface area contributed by atoms with Gasteiger partial charge >= 0.3 is 19.5 Å². The van der Waals surface area contributed by atoms with Crippen molar-refractivity contribution in [2.45, 2.75) is 38.4 Å². The Bertz CT molecular complexity index is 1360. The third-order valence-corrected chi connectivity index (χ3v) is 7.95. The van der Waals surface area contributed by atoms with Gasteiger partial charge in [-0.15, -0.1) is 5.10 Å². The number of benzene rings is 2. The molecular weight excluding hydrogens is 543 g/mol. The molecule has 1 aromatic heterocycles. The Morgan fingerprint density at radius 3 is 1.90 bits per heavy atom. The van der Waals surface area contributed by atoms with Crippen LogP contribution in [0.5, 0.6) is 0 Å². The monoisotopic (exact) mass is 572 g/mol. The number of amides is 1. The average Bonchev–Trinajstić information content (AvgIpc) is 3.56. The zero-order valence-electron chi connectivity index (χ0n) is 21.8. The molecule has 212 valence electrons. The van der Waals surface area contributed by atoms with Gasteiger partial charge in [0.05, 0.1) is 30.5 Å². The van der Waals surface area contributed by atoms with Crippen LogP contribution in [0.2, 0.25) is 0 Å². The van der Waals surface area contributed by atoms with Crippen molar-refractivity contribution in [3.05, 3.63) is 83.9 Å². The van der Waals surface area contributed by atoms with Gasteiger partial charge in [0.1, 0.15) is 12.4 Å². The van der Waals surface area contributed by atoms with Crippen LogP contribution in [0.4, 0.5) is 0 Å². The van der Waals surface area contributed by atoms with Crippen LogP contribution < -0.4 is 5.73 Å². The SMILES string of the molecule is CCOP(=O)(C[C@H]1O[C@@H](n2cnc(C(N)=O)n2)[C@H](OC(=O)c2ccccc2)[C@@H]1OC(=O)c1ccccc1)OCC. The van der Waals surface area contributed by atoms with Gasteiger partial charge in [-0.3, -0.25) is 9.36 Å². The van der Waals surface area contributed by atoms with E-state index in [4.69, 9.17) is 29.0 Å². The molecule has 4 atom stereocenters. The summed E-state index contributed by atoms with van der Waals surface area (Å²) in [6.45, 7) is 3.48. The Morgan fingerprint density at radius 2 is 1.43 bits per heavy atom. The maximum atomic E-state index is 13.5. The zero-order chi connectivity index (χ0) is 28.7. The lowest BCUT2D eigenvalue weighted by atomic mass is 10.1. The van der Waals surface area contributed by atoms with Crippen molar-refractivity contribution >= 4 is 25.4 Å². The summed E-state index contributed by atoms with van der Waals surface area (Å²) in [5.41, 5.74) is 5.76. The molecule has 1 aliphatic heterocycles. The maximum Gasteiger partial charge on any atom is 0.338 e. The molecule has 1 amide bonds. The van der Waals surface area contributed by atoms with Crippen LogP contribution >= 0.6 is 7.60 Å². The Hall–Kier alpha value is -3.90. The number of carbonyl (C=O) groups excluding carboxylic acids is 3. The van der Waals surface area contributed by atoms with Crippen LogP contribution in [-0.2, 0) is 27.8 Å². The van der Waals surface area contributed by atoms with Crippen molar-refractivity contribution in [2.75, 3.05) is 19.4 Å². The molecule has 0 radical (unpaired) electrons. The van der Waals surface area contributed by atoms with E-state index in [2.05, 4.69) is 10.1 Å². The summed E-state index contributed by atoms with van der Waals surface area (Å²) in [6, 6.07) is 16.3. The molecular formula is C26H29N4O9P. The number of hydrogen-bond acceptors (Lipinski definition) is 11. The Morgan fingerprint density at radius 1 is 0.900 bits per heavy atom. The summed E-state index contributed by atoms with van der Waals surface area (Å²) in [5.74, 6) is -2.68. The number of ether oxygens (including phenoxy) is 3. The minimum Gasteiger partial charge on any atom is -0.452 e. The van der Waals surface area contributed by atoms with Gasteiger partial charge in [0, 0.05) is 0 Å². The summed E-state index contributed by atoms with van der Waals surface area (Å²) in [7, 11) is -3.74. The molecule has 0 unspecified atom stereocenters. The zero-order valence-corrected chi connectivity index (χ0v) is 22.7. The molecule has 0 bridgehead atoms. The summed E-state index contributed by atoms with van der Waals surface area (Å²) >= 11 is 0. The lowest BCUT2D eigenvalue weighted by Crippen LogP contribution is -2.41. The molecule has 1 aliphatic rings. The average molecular weight is 573 g/mol. The van der Waals surface area contributed by atoms with Crippen molar-refractivity contribution in [3.8, 4) is 0 Å².